The van der Waals surface area contributed by atoms with E-state index >= 15 is 0 Å². The Hall–Kier alpha value is -5.19. The summed E-state index contributed by atoms with van der Waals surface area (Å²) in [6.45, 7) is 0.369. The van der Waals surface area contributed by atoms with Crippen LogP contribution in [0.3, 0.4) is 0 Å². The maximum Gasteiger partial charge on any atom is 0.407 e. The molecule has 1 atom stereocenters. The number of ether oxygens (including phenoxy) is 2. The Kier molecular flexibility index (Phi) is 8.53. The highest BCUT2D eigenvalue weighted by Gasteiger charge is 2.30. The van der Waals surface area contributed by atoms with Crippen molar-refractivity contribution in [3.8, 4) is 11.1 Å². The fourth-order valence-electron chi connectivity index (χ4n) is 4.72. The number of hydrogen-bond acceptors (Lipinski definition) is 8. The summed E-state index contributed by atoms with van der Waals surface area (Å²) >= 11 is 0. The molecule has 5 rings (SSSR count). The second-order valence-corrected chi connectivity index (χ2v) is 9.41. The Morgan fingerprint density at radius 1 is 0.878 bits per heavy atom. The van der Waals surface area contributed by atoms with Crippen LogP contribution in [0.15, 0.2) is 83.4 Å². The van der Waals surface area contributed by atoms with Crippen LogP contribution in [0.1, 0.15) is 46.8 Å². The molecule has 0 unspecified atom stereocenters. The van der Waals surface area contributed by atoms with Crippen LogP contribution in [0.4, 0.5) is 9.59 Å². The van der Waals surface area contributed by atoms with E-state index in [1.165, 1.54) is 0 Å². The quantitative estimate of drug-likeness (QED) is 0.241. The van der Waals surface area contributed by atoms with Gasteiger partial charge in [0.05, 0.1) is 6.42 Å². The highest BCUT2D eigenvalue weighted by molar-refractivity contribution is 5.79. The summed E-state index contributed by atoms with van der Waals surface area (Å²) in [7, 11) is 0. The van der Waals surface area contributed by atoms with E-state index in [9.17, 15) is 19.5 Å². The third-order valence-electron chi connectivity index (χ3n) is 6.63. The monoisotopic (exact) mass is 556 g/mol. The third-order valence-corrected chi connectivity index (χ3v) is 6.63. The standard InChI is InChI=1S/C30H28N4O7/c35-27(36)16-25(28-33-26(34-41-28)14-15-31-29(37)39-17-19-8-2-1-3-9-19)32-30(38)40-18-24-22-12-6-4-10-20(22)21-11-5-7-13-23(21)24/h1-13,24-25H,14-18H2,(H,31,37)(H,32,38)(H,35,36)/t25-/m1/s1. The lowest BCUT2D eigenvalue weighted by Crippen LogP contribution is -2.32. The van der Waals surface area contributed by atoms with Crippen LogP contribution < -0.4 is 10.6 Å². The van der Waals surface area contributed by atoms with E-state index in [2.05, 4.69) is 20.8 Å². The number of rotatable bonds is 11. The molecule has 3 N–H and O–H groups in total. The highest BCUT2D eigenvalue weighted by Crippen LogP contribution is 2.44. The number of carbonyl (C=O) groups excluding carboxylic acids is 2. The van der Waals surface area contributed by atoms with Crippen LogP contribution in [-0.4, -0.2) is 46.6 Å². The molecule has 210 valence electrons. The number of nitrogens with one attached hydrogen (secondary N) is 2. The van der Waals surface area contributed by atoms with Crippen molar-refractivity contribution in [1.29, 1.82) is 0 Å². The lowest BCUT2D eigenvalue weighted by atomic mass is 9.98. The van der Waals surface area contributed by atoms with Gasteiger partial charge in [0, 0.05) is 18.9 Å². The minimum absolute atomic E-state index is 0.0702. The molecule has 0 fully saturated rings. The molecule has 41 heavy (non-hydrogen) atoms. The van der Waals surface area contributed by atoms with Crippen LogP contribution in [0.2, 0.25) is 0 Å². The van der Waals surface area contributed by atoms with Gasteiger partial charge in [0.15, 0.2) is 5.82 Å². The normalized spacial score (nSPS) is 12.6. The minimum atomic E-state index is -1.17. The van der Waals surface area contributed by atoms with Crippen molar-refractivity contribution in [1.82, 2.24) is 20.8 Å². The summed E-state index contributed by atoms with van der Waals surface area (Å²) in [4.78, 5) is 40.3. The molecule has 3 aromatic carbocycles. The molecule has 11 heteroatoms. The largest absolute Gasteiger partial charge is 0.481 e. The molecule has 0 saturated carbocycles. The maximum absolute atomic E-state index is 12.7. The molecule has 11 nitrogen and oxygen atoms in total. The van der Waals surface area contributed by atoms with Gasteiger partial charge in [-0.05, 0) is 27.8 Å². The fourth-order valence-corrected chi connectivity index (χ4v) is 4.72. The summed E-state index contributed by atoms with van der Waals surface area (Å²) in [5.41, 5.74) is 5.17. The zero-order valence-corrected chi connectivity index (χ0v) is 22.0. The molecule has 1 aliphatic rings. The molecule has 0 bridgehead atoms. The van der Waals surface area contributed by atoms with E-state index in [1.807, 2.05) is 78.9 Å². The first kappa shape index (κ1) is 27.4. The molecule has 2 amide bonds. The van der Waals surface area contributed by atoms with E-state index in [4.69, 9.17) is 14.0 Å². The number of carboxylic acid groups (broad SMARTS) is 1. The van der Waals surface area contributed by atoms with Gasteiger partial charge in [-0.3, -0.25) is 4.79 Å². The average molecular weight is 557 g/mol. The Morgan fingerprint density at radius 2 is 1.54 bits per heavy atom. The van der Waals surface area contributed by atoms with Crippen molar-refractivity contribution in [3.63, 3.8) is 0 Å². The molecule has 1 heterocycles. The zero-order chi connectivity index (χ0) is 28.6. The number of alkyl carbamates (subject to hydrolysis) is 2. The van der Waals surface area contributed by atoms with Crippen molar-refractivity contribution in [2.24, 2.45) is 0 Å². The maximum atomic E-state index is 12.7. The van der Waals surface area contributed by atoms with Gasteiger partial charge in [-0.2, -0.15) is 4.98 Å². The second-order valence-electron chi connectivity index (χ2n) is 9.41. The molecular formula is C30H28N4O7. The predicted molar refractivity (Wildman–Crippen MR) is 146 cm³/mol. The smallest absolute Gasteiger partial charge is 0.407 e. The molecule has 0 radical (unpaired) electrons. The molecule has 1 aromatic heterocycles. The van der Waals surface area contributed by atoms with Crippen LogP contribution in [0.5, 0.6) is 0 Å². The lowest BCUT2D eigenvalue weighted by molar-refractivity contribution is -0.137. The van der Waals surface area contributed by atoms with E-state index in [0.717, 1.165) is 27.8 Å². The number of carboxylic acids is 1. The summed E-state index contributed by atoms with van der Waals surface area (Å²) in [5.74, 6) is -1.17. The predicted octanol–water partition coefficient (Wildman–Crippen LogP) is 4.59. The van der Waals surface area contributed by atoms with Crippen LogP contribution in [0, 0.1) is 0 Å². The summed E-state index contributed by atoms with van der Waals surface area (Å²) in [6, 6.07) is 24.1. The average Bonchev–Trinajstić information content (AvgIpc) is 3.58. The topological polar surface area (TPSA) is 153 Å². The third kappa shape index (κ3) is 6.88. The fraction of sp³-hybridized carbons (Fsp3) is 0.233. The van der Waals surface area contributed by atoms with Gasteiger partial charge in [-0.1, -0.05) is 84.0 Å². The van der Waals surface area contributed by atoms with E-state index < -0.39 is 30.6 Å². The number of carbonyl (C=O) groups is 3. The molecule has 4 aromatic rings. The number of aliphatic carboxylic acids is 1. The molecule has 0 saturated heterocycles. The number of amides is 2. The van der Waals surface area contributed by atoms with E-state index in [1.54, 1.807) is 0 Å². The Bertz CT molecular complexity index is 1480. The van der Waals surface area contributed by atoms with Crippen molar-refractivity contribution in [2.45, 2.75) is 31.4 Å². The van der Waals surface area contributed by atoms with E-state index in [-0.39, 0.29) is 43.8 Å². The van der Waals surface area contributed by atoms with Crippen LogP contribution >= 0.6 is 0 Å². The minimum Gasteiger partial charge on any atom is -0.481 e. The van der Waals surface area contributed by atoms with Crippen molar-refractivity contribution < 1.29 is 33.5 Å². The van der Waals surface area contributed by atoms with Gasteiger partial charge in [0.1, 0.15) is 19.3 Å². The number of benzene rings is 3. The Labute approximate surface area is 235 Å². The summed E-state index contributed by atoms with van der Waals surface area (Å²) in [6.07, 6.45) is -1.69. The SMILES string of the molecule is O=C(O)C[C@@H](NC(=O)OCC1c2ccccc2-c2ccccc21)c1nc(CCNC(=O)OCc2ccccc2)no1. The number of nitrogens with zero attached hydrogens (tertiary/aromatic N) is 2. The van der Waals surface area contributed by atoms with Crippen LogP contribution in [0.25, 0.3) is 11.1 Å². The van der Waals surface area contributed by atoms with Gasteiger partial charge in [0.25, 0.3) is 0 Å². The number of fused-ring (bicyclic) bond motifs is 3. The van der Waals surface area contributed by atoms with Gasteiger partial charge < -0.3 is 29.7 Å². The van der Waals surface area contributed by atoms with Gasteiger partial charge in [0.2, 0.25) is 5.89 Å². The molecule has 1 aliphatic carbocycles. The number of hydrogen-bond donors (Lipinski definition) is 3. The first-order valence-electron chi connectivity index (χ1n) is 13.1. The van der Waals surface area contributed by atoms with Gasteiger partial charge in [-0.25, -0.2) is 9.59 Å². The lowest BCUT2D eigenvalue weighted by Gasteiger charge is -2.17. The first-order chi connectivity index (χ1) is 20.0. The second kappa shape index (κ2) is 12.8. The first-order valence-corrected chi connectivity index (χ1v) is 13.1. The van der Waals surface area contributed by atoms with Crippen molar-refractivity contribution in [2.75, 3.05) is 13.2 Å². The van der Waals surface area contributed by atoms with Crippen LogP contribution in [-0.2, 0) is 27.3 Å². The Balaban J connectivity index is 1.13. The van der Waals surface area contributed by atoms with Gasteiger partial charge >= 0.3 is 18.2 Å². The van der Waals surface area contributed by atoms with Gasteiger partial charge in [-0.15, -0.1) is 0 Å². The number of aromatic nitrogens is 2. The Morgan fingerprint density at radius 3 is 2.22 bits per heavy atom. The van der Waals surface area contributed by atoms with Crippen molar-refractivity contribution >= 4 is 18.2 Å². The highest BCUT2D eigenvalue weighted by atomic mass is 16.6. The summed E-state index contributed by atoms with van der Waals surface area (Å²) < 4.78 is 15.9. The summed E-state index contributed by atoms with van der Waals surface area (Å²) in [5, 5.41) is 18.3. The molecule has 0 spiro atoms. The van der Waals surface area contributed by atoms with Crippen molar-refractivity contribution in [3.05, 3.63) is 107 Å². The molecule has 0 aliphatic heterocycles. The van der Waals surface area contributed by atoms with E-state index in [0.29, 0.717) is 0 Å². The molecular weight excluding hydrogens is 528 g/mol. The zero-order valence-electron chi connectivity index (χ0n) is 22.0.